The van der Waals surface area contributed by atoms with Crippen LogP contribution in [-0.2, 0) is 0 Å². The third-order valence-electron chi connectivity index (χ3n) is 6.41. The van der Waals surface area contributed by atoms with Crippen LogP contribution in [0.5, 0.6) is 11.5 Å². The van der Waals surface area contributed by atoms with Gasteiger partial charge in [-0.25, -0.2) is 4.79 Å². The number of para-hydroxylation sites is 2. The minimum atomic E-state index is -0.406. The van der Waals surface area contributed by atoms with Crippen LogP contribution in [-0.4, -0.2) is 58.9 Å². The van der Waals surface area contributed by atoms with E-state index in [1.807, 2.05) is 37.3 Å². The van der Waals surface area contributed by atoms with Crippen molar-refractivity contribution in [2.24, 2.45) is 0 Å². The summed E-state index contributed by atoms with van der Waals surface area (Å²) >= 11 is 0. The van der Waals surface area contributed by atoms with Crippen molar-refractivity contribution in [3.05, 3.63) is 72.3 Å². The highest BCUT2D eigenvalue weighted by Gasteiger charge is 2.23. The summed E-state index contributed by atoms with van der Waals surface area (Å²) in [6.07, 6.45) is 0.833. The number of amides is 3. The molecule has 3 aromatic rings. The maximum absolute atomic E-state index is 13.1. The first-order valence-electron chi connectivity index (χ1n) is 12.8. The van der Waals surface area contributed by atoms with Crippen molar-refractivity contribution in [3.63, 3.8) is 0 Å². The molecule has 1 fully saturated rings. The molecule has 0 aromatic heterocycles. The molecule has 0 aliphatic carbocycles. The fourth-order valence-corrected chi connectivity index (χ4v) is 4.48. The number of hydrogen-bond acceptors (Lipinski definition) is 6. The first-order chi connectivity index (χ1) is 18.5. The van der Waals surface area contributed by atoms with Crippen LogP contribution >= 0.6 is 0 Å². The van der Waals surface area contributed by atoms with Crippen molar-refractivity contribution in [3.8, 4) is 11.5 Å². The zero-order valence-corrected chi connectivity index (χ0v) is 22.1. The number of benzene rings is 3. The van der Waals surface area contributed by atoms with Gasteiger partial charge in [-0.05, 0) is 48.9 Å². The number of carbonyl (C=O) groups excluding carboxylic acids is 2. The summed E-state index contributed by atoms with van der Waals surface area (Å²) in [5.41, 5.74) is 3.58. The van der Waals surface area contributed by atoms with Crippen molar-refractivity contribution in [2.75, 3.05) is 67.4 Å². The Balaban J connectivity index is 1.49. The molecule has 0 atom stereocenters. The zero-order valence-electron chi connectivity index (χ0n) is 22.1. The van der Waals surface area contributed by atoms with E-state index in [1.165, 1.54) is 0 Å². The smallest absolute Gasteiger partial charge is 0.323 e. The highest BCUT2D eigenvalue weighted by molar-refractivity contribution is 6.04. The Labute approximate surface area is 223 Å². The maximum Gasteiger partial charge on any atom is 0.323 e. The topological polar surface area (TPSA) is 95.2 Å². The van der Waals surface area contributed by atoms with E-state index in [1.54, 1.807) is 44.6 Å². The van der Waals surface area contributed by atoms with E-state index in [9.17, 15) is 9.59 Å². The predicted molar refractivity (Wildman–Crippen MR) is 152 cm³/mol. The van der Waals surface area contributed by atoms with Crippen molar-refractivity contribution >= 4 is 34.7 Å². The van der Waals surface area contributed by atoms with Crippen molar-refractivity contribution in [1.82, 2.24) is 5.32 Å². The Bertz CT molecular complexity index is 1260. The lowest BCUT2D eigenvalue weighted by Gasteiger charge is -2.38. The Morgan fingerprint density at radius 2 is 1.47 bits per heavy atom. The molecule has 1 saturated heterocycles. The van der Waals surface area contributed by atoms with E-state index in [4.69, 9.17) is 9.47 Å². The van der Waals surface area contributed by atoms with Crippen LogP contribution in [0.1, 0.15) is 23.7 Å². The van der Waals surface area contributed by atoms with Crippen LogP contribution in [0.4, 0.5) is 27.5 Å². The second-order valence-electron chi connectivity index (χ2n) is 8.94. The third-order valence-corrected chi connectivity index (χ3v) is 6.41. The molecule has 0 saturated carbocycles. The van der Waals surface area contributed by atoms with Gasteiger partial charge in [0.05, 0.1) is 25.5 Å². The quantitative estimate of drug-likeness (QED) is 0.377. The van der Waals surface area contributed by atoms with Gasteiger partial charge in [-0.15, -0.1) is 0 Å². The van der Waals surface area contributed by atoms with Crippen LogP contribution in [0, 0.1) is 0 Å². The second kappa shape index (κ2) is 12.7. The SMILES string of the molecule is CCCNC(=O)c1cc(NC(=O)Nc2cccc(OC)c2)ccc1N1CCN(c2ccccc2OC)CC1. The van der Waals surface area contributed by atoms with Gasteiger partial charge in [0.15, 0.2) is 0 Å². The number of ether oxygens (including phenoxy) is 2. The van der Waals surface area contributed by atoms with Crippen molar-refractivity contribution in [1.29, 1.82) is 0 Å². The summed E-state index contributed by atoms with van der Waals surface area (Å²) < 4.78 is 10.8. The molecule has 1 heterocycles. The number of urea groups is 1. The van der Waals surface area contributed by atoms with Crippen LogP contribution in [0.25, 0.3) is 0 Å². The average Bonchev–Trinajstić information content (AvgIpc) is 2.96. The lowest BCUT2D eigenvalue weighted by Crippen LogP contribution is -2.47. The number of methoxy groups -OCH3 is 2. The Morgan fingerprint density at radius 1 is 0.789 bits per heavy atom. The minimum absolute atomic E-state index is 0.161. The molecule has 9 heteroatoms. The van der Waals surface area contributed by atoms with Gasteiger partial charge in [0, 0.05) is 55.9 Å². The summed E-state index contributed by atoms with van der Waals surface area (Å²) in [7, 11) is 3.26. The Morgan fingerprint density at radius 3 is 2.16 bits per heavy atom. The van der Waals surface area contributed by atoms with Crippen molar-refractivity contribution < 1.29 is 19.1 Å². The molecule has 1 aliphatic rings. The molecule has 3 aromatic carbocycles. The molecule has 38 heavy (non-hydrogen) atoms. The predicted octanol–water partition coefficient (Wildman–Crippen LogP) is 4.81. The normalized spacial score (nSPS) is 13.0. The maximum atomic E-state index is 13.1. The first kappa shape index (κ1) is 26.7. The minimum Gasteiger partial charge on any atom is -0.497 e. The number of rotatable bonds is 9. The van der Waals surface area contributed by atoms with E-state index < -0.39 is 6.03 Å². The Hall–Kier alpha value is -4.40. The highest BCUT2D eigenvalue weighted by Crippen LogP contribution is 2.31. The average molecular weight is 518 g/mol. The van der Waals surface area contributed by atoms with Crippen LogP contribution in [0.2, 0.25) is 0 Å². The largest absolute Gasteiger partial charge is 0.497 e. The molecule has 9 nitrogen and oxygen atoms in total. The molecule has 0 bridgehead atoms. The van der Waals surface area contributed by atoms with Gasteiger partial charge in [0.25, 0.3) is 5.91 Å². The lowest BCUT2D eigenvalue weighted by atomic mass is 10.1. The van der Waals surface area contributed by atoms with E-state index >= 15 is 0 Å². The zero-order chi connectivity index (χ0) is 26.9. The molecule has 1 aliphatic heterocycles. The molecule has 3 N–H and O–H groups in total. The summed E-state index contributed by atoms with van der Waals surface area (Å²) in [5.74, 6) is 1.34. The molecule has 200 valence electrons. The monoisotopic (exact) mass is 517 g/mol. The van der Waals surface area contributed by atoms with E-state index in [0.29, 0.717) is 29.2 Å². The summed E-state index contributed by atoms with van der Waals surface area (Å²) in [6, 6.07) is 20.2. The van der Waals surface area contributed by atoms with E-state index in [-0.39, 0.29) is 5.91 Å². The van der Waals surface area contributed by atoms with Crippen LogP contribution in [0.15, 0.2) is 66.7 Å². The van der Waals surface area contributed by atoms with Gasteiger partial charge in [0.2, 0.25) is 0 Å². The standard InChI is InChI=1S/C29H35N5O4/c1-4-14-30-28(35)24-20-22(32-29(36)31-21-8-7-9-23(19-21)37-2)12-13-25(24)33-15-17-34(18-16-33)26-10-5-6-11-27(26)38-3/h5-13,19-20H,4,14-18H2,1-3H3,(H,30,35)(H2,31,32,36). The van der Waals surface area contributed by atoms with Gasteiger partial charge < -0.3 is 35.2 Å². The highest BCUT2D eigenvalue weighted by atomic mass is 16.5. The third kappa shape index (κ3) is 6.47. The van der Waals surface area contributed by atoms with E-state index in [0.717, 1.165) is 49.7 Å². The fraction of sp³-hybridized carbons (Fsp3) is 0.310. The molecular weight excluding hydrogens is 482 g/mol. The van der Waals surface area contributed by atoms with Crippen LogP contribution < -0.4 is 35.2 Å². The molecule has 0 spiro atoms. The summed E-state index contributed by atoms with van der Waals surface area (Å²) in [4.78, 5) is 30.3. The van der Waals surface area contributed by atoms with Gasteiger partial charge in [0.1, 0.15) is 11.5 Å². The molecule has 3 amide bonds. The Kier molecular flexibility index (Phi) is 8.92. The number of carbonyl (C=O) groups is 2. The number of piperazine rings is 1. The first-order valence-corrected chi connectivity index (χ1v) is 12.8. The molecule has 0 unspecified atom stereocenters. The van der Waals surface area contributed by atoms with Gasteiger partial charge in [-0.3, -0.25) is 4.79 Å². The second-order valence-corrected chi connectivity index (χ2v) is 8.94. The number of nitrogens with one attached hydrogen (secondary N) is 3. The van der Waals surface area contributed by atoms with Gasteiger partial charge in [-0.1, -0.05) is 25.1 Å². The molecule has 0 radical (unpaired) electrons. The fourth-order valence-electron chi connectivity index (χ4n) is 4.48. The van der Waals surface area contributed by atoms with E-state index in [2.05, 4.69) is 31.8 Å². The van der Waals surface area contributed by atoms with Crippen molar-refractivity contribution in [2.45, 2.75) is 13.3 Å². The number of anilines is 4. The molecular formula is C29H35N5O4. The van der Waals surface area contributed by atoms with Gasteiger partial charge >= 0.3 is 6.03 Å². The lowest BCUT2D eigenvalue weighted by molar-refractivity contribution is 0.0954. The summed E-state index contributed by atoms with van der Waals surface area (Å²) in [5, 5.41) is 8.61. The summed E-state index contributed by atoms with van der Waals surface area (Å²) in [6.45, 7) is 5.66. The van der Waals surface area contributed by atoms with Gasteiger partial charge in [-0.2, -0.15) is 0 Å². The number of nitrogens with zero attached hydrogens (tertiary/aromatic N) is 2. The molecule has 4 rings (SSSR count). The number of hydrogen-bond donors (Lipinski definition) is 3. The van der Waals surface area contributed by atoms with Crippen LogP contribution in [0.3, 0.4) is 0 Å².